The largest absolute Gasteiger partial charge is 0.507 e. The number of phenols is 3. The number of aromatic hydroxyl groups is 3. The van der Waals surface area contributed by atoms with E-state index in [0.717, 1.165) is 16.7 Å². The average Bonchev–Trinajstić information content (AvgIpc) is 2.69. The van der Waals surface area contributed by atoms with E-state index in [1.165, 1.54) is 0 Å². The molecule has 10 heteroatoms. The zero-order valence-corrected chi connectivity index (χ0v) is 20.7. The van der Waals surface area contributed by atoms with Gasteiger partial charge in [-0.2, -0.15) is 0 Å². The molecule has 0 amide bonds. The van der Waals surface area contributed by atoms with Gasteiger partial charge in [-0.3, -0.25) is 0 Å². The topological polar surface area (TPSA) is 121 Å². The highest BCUT2D eigenvalue weighted by molar-refractivity contribution is 7.80. The highest BCUT2D eigenvalue weighted by Gasteiger charge is 1.97. The first-order valence-electron chi connectivity index (χ1n) is 8.67. The van der Waals surface area contributed by atoms with E-state index in [2.05, 4.69) is 37.9 Å². The molecule has 0 spiro atoms. The molecule has 3 aromatic rings. The maximum atomic E-state index is 9.13. The summed E-state index contributed by atoms with van der Waals surface area (Å²) in [4.78, 5) is 23.6. The van der Waals surface area contributed by atoms with Crippen molar-refractivity contribution < 1.29 is 30.0 Å². The van der Waals surface area contributed by atoms with Crippen LogP contribution >= 0.6 is 46.5 Å². The first-order chi connectivity index (χ1) is 14.4. The van der Waals surface area contributed by atoms with E-state index in [4.69, 9.17) is 30.0 Å². The molecule has 0 aliphatic heterocycles. The molecular weight excluding hydrogens is 475 g/mol. The summed E-state index contributed by atoms with van der Waals surface area (Å²) in [5, 5.41) is 27.4. The Bertz CT molecular complexity index is 773. The lowest BCUT2D eigenvalue weighted by Gasteiger charge is -1.98. The minimum Gasteiger partial charge on any atom is -0.507 e. The molecule has 6 N–H and O–H groups in total. The predicted molar refractivity (Wildman–Crippen MR) is 134 cm³/mol. The smallest absolute Gasteiger partial charge is 0.324 e. The van der Waals surface area contributed by atoms with Gasteiger partial charge >= 0.3 is 8.60 Å². The van der Waals surface area contributed by atoms with Crippen LogP contribution in [0.15, 0.2) is 69.3 Å². The lowest BCUT2D eigenvalue weighted by molar-refractivity contribution is 0.368. The molecule has 0 aliphatic rings. The normalized spacial score (nSPS) is 9.48. The van der Waals surface area contributed by atoms with E-state index in [1.807, 2.05) is 57.2 Å². The number of para-hydroxylation sites is 3. The van der Waals surface area contributed by atoms with Crippen molar-refractivity contribution >= 4 is 46.5 Å². The summed E-state index contributed by atoms with van der Waals surface area (Å²) >= 11 is 12.1. The highest BCUT2D eigenvalue weighted by atomic mass is 32.1. The van der Waals surface area contributed by atoms with Crippen molar-refractivity contribution in [3.05, 3.63) is 71.3 Å². The quantitative estimate of drug-likeness (QED) is 0.155. The first kappa shape index (κ1) is 29.4. The van der Waals surface area contributed by atoms with Gasteiger partial charge in [0.15, 0.2) is 0 Å². The van der Waals surface area contributed by atoms with Gasteiger partial charge < -0.3 is 30.0 Å². The second-order valence-electron chi connectivity index (χ2n) is 6.10. The molecule has 170 valence electrons. The molecule has 0 saturated carbocycles. The van der Waals surface area contributed by atoms with Crippen LogP contribution in [-0.2, 0) is 0 Å². The van der Waals surface area contributed by atoms with Crippen molar-refractivity contribution in [3.63, 3.8) is 0 Å². The summed E-state index contributed by atoms with van der Waals surface area (Å²) in [6.45, 7) is 5.53. The standard InChI is InChI=1S/3C7H8OS.H3O3P/c3*1-5-3-2-4-6(9)7(5)8;1-4(2)3/h3*2-4,8-9H,1H3;1-3H. The molecule has 0 radical (unpaired) electrons. The molecule has 0 aliphatic carbocycles. The zero-order valence-electron chi connectivity index (χ0n) is 17.2. The molecule has 31 heavy (non-hydrogen) atoms. The maximum Gasteiger partial charge on any atom is 0.324 e. The van der Waals surface area contributed by atoms with Crippen LogP contribution in [0, 0.1) is 20.8 Å². The minimum absolute atomic E-state index is 0.279. The Labute approximate surface area is 200 Å². The number of hydrogen-bond acceptors (Lipinski definition) is 9. The second kappa shape index (κ2) is 15.3. The summed E-state index contributed by atoms with van der Waals surface area (Å²) in [6.07, 6.45) is 0. The Balaban J connectivity index is 0.000000402. The maximum absolute atomic E-state index is 9.13. The van der Waals surface area contributed by atoms with Crippen LogP contribution in [0.3, 0.4) is 0 Å². The van der Waals surface area contributed by atoms with Gasteiger partial charge in [-0.15, -0.1) is 37.9 Å². The lowest BCUT2D eigenvalue weighted by atomic mass is 10.2. The van der Waals surface area contributed by atoms with Crippen molar-refractivity contribution in [3.8, 4) is 17.2 Å². The third-order valence-corrected chi connectivity index (χ3v) is 4.73. The Morgan fingerprint density at radius 2 is 0.710 bits per heavy atom. The number of hydrogen-bond donors (Lipinski definition) is 9. The van der Waals surface area contributed by atoms with Gasteiger partial charge in [-0.05, 0) is 55.7 Å². The molecule has 3 rings (SSSR count). The van der Waals surface area contributed by atoms with Crippen LogP contribution in [0.25, 0.3) is 0 Å². The van der Waals surface area contributed by atoms with Crippen LogP contribution in [0.4, 0.5) is 0 Å². The molecule has 0 unspecified atom stereocenters. The molecule has 3 aromatic carbocycles. The zero-order chi connectivity index (χ0) is 24.1. The fourth-order valence-corrected chi connectivity index (χ4v) is 2.72. The molecule has 0 heterocycles. The molecule has 0 bridgehead atoms. The van der Waals surface area contributed by atoms with Gasteiger partial charge in [0.05, 0.1) is 0 Å². The van der Waals surface area contributed by atoms with Gasteiger partial charge in [0.1, 0.15) is 17.2 Å². The highest BCUT2D eigenvalue weighted by Crippen LogP contribution is 2.25. The van der Waals surface area contributed by atoms with Crippen molar-refractivity contribution in [1.82, 2.24) is 0 Å². The fraction of sp³-hybridized carbons (Fsp3) is 0.143. The van der Waals surface area contributed by atoms with Crippen LogP contribution in [0.2, 0.25) is 0 Å². The Morgan fingerprint density at radius 1 is 0.516 bits per heavy atom. The van der Waals surface area contributed by atoms with Gasteiger partial charge in [0.2, 0.25) is 0 Å². The summed E-state index contributed by atoms with van der Waals surface area (Å²) in [7, 11) is -2.62. The molecular formula is C21H27O6PS3. The fourth-order valence-electron chi connectivity index (χ4n) is 1.93. The molecule has 0 fully saturated rings. The van der Waals surface area contributed by atoms with Crippen molar-refractivity contribution in [2.45, 2.75) is 35.5 Å². The van der Waals surface area contributed by atoms with E-state index in [-0.39, 0.29) is 17.2 Å². The number of benzene rings is 3. The molecule has 6 nitrogen and oxygen atoms in total. The SMILES string of the molecule is Cc1cccc(S)c1O.Cc1cccc(S)c1O.Cc1cccc(S)c1O.OP(O)O. The average molecular weight is 503 g/mol. The van der Waals surface area contributed by atoms with E-state index >= 15 is 0 Å². The molecule has 0 aromatic heterocycles. The summed E-state index contributed by atoms with van der Waals surface area (Å²) in [5.41, 5.74) is 2.59. The minimum atomic E-state index is -2.62. The molecule has 0 saturated heterocycles. The van der Waals surface area contributed by atoms with E-state index in [1.54, 1.807) is 18.2 Å². The number of thiol groups is 3. The second-order valence-corrected chi connectivity index (χ2v) is 8.08. The van der Waals surface area contributed by atoms with Crippen molar-refractivity contribution in [2.75, 3.05) is 0 Å². The lowest BCUT2D eigenvalue weighted by Crippen LogP contribution is -1.73. The Hall–Kier alpha value is -1.58. The number of aryl methyl sites for hydroxylation is 3. The Kier molecular flexibility index (Phi) is 14.5. The third-order valence-electron chi connectivity index (χ3n) is 3.65. The van der Waals surface area contributed by atoms with Crippen molar-refractivity contribution in [2.24, 2.45) is 0 Å². The first-order valence-corrected chi connectivity index (χ1v) is 11.2. The number of phenolic OH excluding ortho intramolecular Hbond substituents is 3. The summed E-state index contributed by atoms with van der Waals surface area (Å²) in [6, 6.07) is 16.4. The van der Waals surface area contributed by atoms with Crippen LogP contribution in [0.5, 0.6) is 17.2 Å². The predicted octanol–water partition coefficient (Wildman–Crippen LogP) is 5.16. The van der Waals surface area contributed by atoms with E-state index in [9.17, 15) is 0 Å². The van der Waals surface area contributed by atoms with Crippen LogP contribution < -0.4 is 0 Å². The van der Waals surface area contributed by atoms with E-state index in [0.29, 0.717) is 14.7 Å². The van der Waals surface area contributed by atoms with Gasteiger partial charge in [0.25, 0.3) is 0 Å². The Morgan fingerprint density at radius 3 is 0.839 bits per heavy atom. The number of rotatable bonds is 0. The van der Waals surface area contributed by atoms with Crippen LogP contribution in [0.1, 0.15) is 16.7 Å². The van der Waals surface area contributed by atoms with Gasteiger partial charge in [0, 0.05) is 14.7 Å². The van der Waals surface area contributed by atoms with E-state index < -0.39 is 8.60 Å². The van der Waals surface area contributed by atoms with Crippen molar-refractivity contribution in [1.29, 1.82) is 0 Å². The summed E-state index contributed by atoms with van der Waals surface area (Å²) < 4.78 is 0. The third kappa shape index (κ3) is 12.1. The van der Waals surface area contributed by atoms with Gasteiger partial charge in [-0.1, -0.05) is 36.4 Å². The monoisotopic (exact) mass is 502 g/mol. The molecule has 0 atom stereocenters. The van der Waals surface area contributed by atoms with Gasteiger partial charge in [-0.25, -0.2) is 0 Å². The van der Waals surface area contributed by atoms with Crippen LogP contribution in [-0.4, -0.2) is 30.0 Å². The summed E-state index contributed by atoms with van der Waals surface area (Å²) in [5.74, 6) is 0.836.